The van der Waals surface area contributed by atoms with Crippen molar-refractivity contribution in [1.82, 2.24) is 0 Å². The molecule has 2 rings (SSSR count). The second kappa shape index (κ2) is 6.37. The molecule has 0 heterocycles. The summed E-state index contributed by atoms with van der Waals surface area (Å²) in [6.07, 6.45) is 0.346. The Kier molecular flexibility index (Phi) is 4.55. The zero-order chi connectivity index (χ0) is 15.4. The molecule has 0 aromatic heterocycles. The molecule has 0 radical (unpaired) electrons. The molecule has 0 saturated carbocycles. The van der Waals surface area contributed by atoms with E-state index in [1.54, 1.807) is 43.4 Å². The summed E-state index contributed by atoms with van der Waals surface area (Å²) < 4.78 is 13.2. The second-order valence-corrected chi connectivity index (χ2v) is 4.85. The van der Waals surface area contributed by atoms with Gasteiger partial charge in [0.2, 0.25) is 5.91 Å². The number of halogens is 1. The number of phenolic OH excluding ortho intramolecular Hbond substituents is 1. The van der Waals surface area contributed by atoms with Crippen LogP contribution in [0.4, 0.5) is 10.1 Å². The lowest BCUT2D eigenvalue weighted by Gasteiger charge is -2.21. The van der Waals surface area contributed by atoms with E-state index in [-0.39, 0.29) is 11.7 Å². The number of aromatic hydroxyl groups is 1. The van der Waals surface area contributed by atoms with E-state index < -0.39 is 11.9 Å². The van der Waals surface area contributed by atoms with Crippen molar-refractivity contribution < 1.29 is 14.3 Å². The molecule has 0 aliphatic heterocycles. The Hall–Kier alpha value is -2.40. The summed E-state index contributed by atoms with van der Waals surface area (Å²) in [5.41, 5.74) is 7.22. The number of carbonyl (C=O) groups is 1. The number of phenols is 1. The lowest BCUT2D eigenvalue weighted by atomic mass is 10.1. The van der Waals surface area contributed by atoms with Crippen LogP contribution in [0.15, 0.2) is 48.5 Å². The number of hydrogen-bond donors (Lipinski definition) is 2. The van der Waals surface area contributed by atoms with Crippen LogP contribution >= 0.6 is 0 Å². The molecule has 0 aliphatic rings. The van der Waals surface area contributed by atoms with Gasteiger partial charge in [-0.3, -0.25) is 4.79 Å². The van der Waals surface area contributed by atoms with Gasteiger partial charge in [0.15, 0.2) is 0 Å². The van der Waals surface area contributed by atoms with Crippen LogP contribution in [0.2, 0.25) is 0 Å². The predicted molar refractivity (Wildman–Crippen MR) is 79.6 cm³/mol. The number of likely N-dealkylation sites (N-methyl/N-ethyl adjacent to an activating group) is 1. The summed E-state index contributed by atoms with van der Waals surface area (Å²) in [6.45, 7) is 0. The largest absolute Gasteiger partial charge is 0.508 e. The summed E-state index contributed by atoms with van der Waals surface area (Å²) in [6, 6.07) is 11.6. The Bertz CT molecular complexity index is 628. The van der Waals surface area contributed by atoms with E-state index in [1.165, 1.54) is 17.0 Å². The highest BCUT2D eigenvalue weighted by molar-refractivity contribution is 5.96. The minimum absolute atomic E-state index is 0.163. The molecule has 0 bridgehead atoms. The molecule has 0 saturated heterocycles. The number of benzene rings is 2. The summed E-state index contributed by atoms with van der Waals surface area (Å²) in [7, 11) is 1.56. The van der Waals surface area contributed by atoms with Crippen molar-refractivity contribution in [2.75, 3.05) is 11.9 Å². The normalized spacial score (nSPS) is 12.0. The molecule has 5 heteroatoms. The lowest BCUT2D eigenvalue weighted by molar-refractivity contribution is -0.119. The van der Waals surface area contributed by atoms with E-state index in [0.717, 1.165) is 5.56 Å². The average Bonchev–Trinajstić information content (AvgIpc) is 2.48. The van der Waals surface area contributed by atoms with E-state index >= 15 is 0 Å². The van der Waals surface area contributed by atoms with E-state index in [1.807, 2.05) is 0 Å². The third-order valence-corrected chi connectivity index (χ3v) is 3.24. The van der Waals surface area contributed by atoms with E-state index in [9.17, 15) is 14.3 Å². The van der Waals surface area contributed by atoms with Gasteiger partial charge in [0.1, 0.15) is 11.6 Å². The van der Waals surface area contributed by atoms with Crippen molar-refractivity contribution in [3.05, 3.63) is 59.9 Å². The van der Waals surface area contributed by atoms with Crippen molar-refractivity contribution in [3.8, 4) is 5.75 Å². The number of amides is 1. The van der Waals surface area contributed by atoms with Crippen molar-refractivity contribution in [3.63, 3.8) is 0 Å². The first-order chi connectivity index (χ1) is 9.97. The van der Waals surface area contributed by atoms with Gasteiger partial charge in [0.05, 0.1) is 6.04 Å². The van der Waals surface area contributed by atoms with Gasteiger partial charge in [-0.15, -0.1) is 0 Å². The average molecular weight is 288 g/mol. The van der Waals surface area contributed by atoms with E-state index in [4.69, 9.17) is 5.73 Å². The van der Waals surface area contributed by atoms with Crippen molar-refractivity contribution in [2.24, 2.45) is 5.73 Å². The number of anilines is 1. The van der Waals surface area contributed by atoms with Gasteiger partial charge in [-0.2, -0.15) is 0 Å². The second-order valence-electron chi connectivity index (χ2n) is 4.85. The molecule has 0 spiro atoms. The molecule has 21 heavy (non-hydrogen) atoms. The zero-order valence-electron chi connectivity index (χ0n) is 11.7. The number of nitrogens with zero attached hydrogens (tertiary/aromatic N) is 1. The molecular formula is C16H17FN2O2. The SMILES string of the molecule is CN(C(=O)[C@@H](N)Cc1ccc(O)cc1)c1cccc(F)c1. The van der Waals surface area contributed by atoms with Crippen molar-refractivity contribution in [1.29, 1.82) is 0 Å². The van der Waals surface area contributed by atoms with Gasteiger partial charge >= 0.3 is 0 Å². The molecule has 1 atom stereocenters. The molecule has 0 fully saturated rings. The molecule has 1 amide bonds. The number of nitrogens with two attached hydrogens (primary N) is 1. The van der Waals surface area contributed by atoms with Gasteiger partial charge < -0.3 is 15.7 Å². The first-order valence-corrected chi connectivity index (χ1v) is 6.54. The summed E-state index contributed by atoms with van der Waals surface area (Å²) in [5.74, 6) is -0.538. The van der Waals surface area contributed by atoms with Crippen LogP contribution < -0.4 is 10.6 Å². The Balaban J connectivity index is 2.06. The standard InChI is InChI=1S/C16H17FN2O2/c1-19(13-4-2-3-12(17)10-13)16(21)15(18)9-11-5-7-14(20)8-6-11/h2-8,10,15,20H,9,18H2,1H3/t15-/m0/s1. The van der Waals surface area contributed by atoms with Gasteiger partial charge in [-0.1, -0.05) is 18.2 Å². The molecule has 0 unspecified atom stereocenters. The van der Waals surface area contributed by atoms with Crippen LogP contribution in [0.1, 0.15) is 5.56 Å². The fourth-order valence-electron chi connectivity index (χ4n) is 2.03. The van der Waals surface area contributed by atoms with Gasteiger partial charge in [-0.25, -0.2) is 4.39 Å². The Labute approximate surface area is 122 Å². The molecule has 110 valence electrons. The summed E-state index contributed by atoms with van der Waals surface area (Å²) >= 11 is 0. The number of carbonyl (C=O) groups excluding carboxylic acids is 1. The van der Waals surface area contributed by atoms with Crippen molar-refractivity contribution >= 4 is 11.6 Å². The quantitative estimate of drug-likeness (QED) is 0.905. The third-order valence-electron chi connectivity index (χ3n) is 3.24. The van der Waals surface area contributed by atoms with Crippen LogP contribution in [0.5, 0.6) is 5.75 Å². The maximum Gasteiger partial charge on any atom is 0.243 e. The van der Waals surface area contributed by atoms with Crippen LogP contribution in [0.25, 0.3) is 0 Å². The van der Waals surface area contributed by atoms with Crippen LogP contribution in [0, 0.1) is 5.82 Å². The number of rotatable bonds is 4. The highest BCUT2D eigenvalue weighted by Gasteiger charge is 2.19. The molecule has 4 nitrogen and oxygen atoms in total. The molecule has 0 aliphatic carbocycles. The highest BCUT2D eigenvalue weighted by atomic mass is 19.1. The minimum Gasteiger partial charge on any atom is -0.508 e. The van der Waals surface area contributed by atoms with E-state index in [0.29, 0.717) is 12.1 Å². The van der Waals surface area contributed by atoms with Crippen LogP contribution in [-0.4, -0.2) is 24.1 Å². The van der Waals surface area contributed by atoms with Gasteiger partial charge in [0, 0.05) is 12.7 Å². The first-order valence-electron chi connectivity index (χ1n) is 6.54. The monoisotopic (exact) mass is 288 g/mol. The molecular weight excluding hydrogens is 271 g/mol. The predicted octanol–water partition coefficient (Wildman–Crippen LogP) is 2.06. The van der Waals surface area contributed by atoms with E-state index in [2.05, 4.69) is 0 Å². The smallest absolute Gasteiger partial charge is 0.243 e. The summed E-state index contributed by atoms with van der Waals surface area (Å²) in [4.78, 5) is 13.6. The van der Waals surface area contributed by atoms with Gasteiger partial charge in [-0.05, 0) is 42.3 Å². The zero-order valence-corrected chi connectivity index (χ0v) is 11.7. The fraction of sp³-hybridized carbons (Fsp3) is 0.188. The van der Waals surface area contributed by atoms with Crippen LogP contribution in [0.3, 0.4) is 0 Å². The topological polar surface area (TPSA) is 66.6 Å². The lowest BCUT2D eigenvalue weighted by Crippen LogP contribution is -2.43. The fourth-order valence-corrected chi connectivity index (χ4v) is 2.03. The molecule has 2 aromatic carbocycles. The maximum absolute atomic E-state index is 13.2. The Morgan fingerprint density at radius 3 is 2.57 bits per heavy atom. The van der Waals surface area contributed by atoms with Gasteiger partial charge in [0.25, 0.3) is 0 Å². The Morgan fingerprint density at radius 2 is 1.95 bits per heavy atom. The third kappa shape index (κ3) is 3.79. The van der Waals surface area contributed by atoms with Crippen molar-refractivity contribution in [2.45, 2.75) is 12.5 Å². The molecule has 3 N–H and O–H groups in total. The first kappa shape index (κ1) is 15.0. The number of hydrogen-bond acceptors (Lipinski definition) is 3. The highest BCUT2D eigenvalue weighted by Crippen LogP contribution is 2.16. The minimum atomic E-state index is -0.734. The van der Waals surface area contributed by atoms with Crippen LogP contribution in [-0.2, 0) is 11.2 Å². The Morgan fingerprint density at radius 1 is 1.29 bits per heavy atom. The molecule has 2 aromatic rings. The summed E-state index contributed by atoms with van der Waals surface area (Å²) in [5, 5.41) is 9.22. The maximum atomic E-state index is 13.2.